The van der Waals surface area contributed by atoms with Crippen LogP contribution in [0.25, 0.3) is 0 Å². The molecule has 0 saturated carbocycles. The van der Waals surface area contributed by atoms with Crippen molar-refractivity contribution in [1.29, 1.82) is 0 Å². The highest BCUT2D eigenvalue weighted by molar-refractivity contribution is 7.99. The number of nitrogens with one attached hydrogen (secondary N) is 2. The van der Waals surface area contributed by atoms with Gasteiger partial charge in [-0.1, -0.05) is 20.8 Å². The van der Waals surface area contributed by atoms with Gasteiger partial charge in [-0.05, 0) is 24.5 Å². The molecule has 0 unspecified atom stereocenters. The first-order valence-corrected chi connectivity index (χ1v) is 8.87. The maximum absolute atomic E-state index is 8.75. The highest BCUT2D eigenvalue weighted by Gasteiger charge is 2.14. The number of hydrogen-bond acceptors (Lipinski definition) is 6. The second-order valence-corrected chi connectivity index (χ2v) is 6.41. The molecular weight excluding hydrogens is 284 g/mol. The molecule has 6 heteroatoms. The van der Waals surface area contributed by atoms with Gasteiger partial charge in [0.1, 0.15) is 18.0 Å². The summed E-state index contributed by atoms with van der Waals surface area (Å²) in [5, 5.41) is 15.5. The Morgan fingerprint density at radius 3 is 2.38 bits per heavy atom. The van der Waals surface area contributed by atoms with Crippen molar-refractivity contribution in [3.63, 3.8) is 0 Å². The molecule has 5 nitrogen and oxygen atoms in total. The Morgan fingerprint density at radius 1 is 1.14 bits per heavy atom. The van der Waals surface area contributed by atoms with E-state index in [0.717, 1.165) is 54.6 Å². The molecule has 0 saturated heterocycles. The Balaban J connectivity index is 2.59. The normalized spacial score (nSPS) is 10.9. The van der Waals surface area contributed by atoms with Gasteiger partial charge in [0, 0.05) is 31.0 Å². The fourth-order valence-electron chi connectivity index (χ4n) is 1.98. The van der Waals surface area contributed by atoms with Crippen LogP contribution in [0.2, 0.25) is 0 Å². The van der Waals surface area contributed by atoms with E-state index >= 15 is 0 Å². The lowest BCUT2D eigenvalue weighted by Gasteiger charge is -2.17. The SMILES string of the molecule is CCCNc1ncnc(NCCSCCCO)c1C(C)C. The number of hydrogen-bond donors (Lipinski definition) is 3. The van der Waals surface area contributed by atoms with Crippen LogP contribution in [0.5, 0.6) is 0 Å². The van der Waals surface area contributed by atoms with Gasteiger partial charge in [0.2, 0.25) is 0 Å². The molecule has 1 aromatic heterocycles. The van der Waals surface area contributed by atoms with E-state index in [4.69, 9.17) is 5.11 Å². The van der Waals surface area contributed by atoms with Crippen LogP contribution in [0, 0.1) is 0 Å². The molecular formula is C15H28N4OS. The van der Waals surface area contributed by atoms with Gasteiger partial charge in [0.15, 0.2) is 0 Å². The molecule has 0 fully saturated rings. The second-order valence-electron chi connectivity index (χ2n) is 5.18. The van der Waals surface area contributed by atoms with Crippen molar-refractivity contribution in [2.45, 2.75) is 39.5 Å². The van der Waals surface area contributed by atoms with E-state index in [1.165, 1.54) is 0 Å². The van der Waals surface area contributed by atoms with Crippen molar-refractivity contribution in [3.05, 3.63) is 11.9 Å². The molecule has 0 aliphatic heterocycles. The average Bonchev–Trinajstić information content (AvgIpc) is 2.48. The molecule has 0 atom stereocenters. The van der Waals surface area contributed by atoms with E-state index in [2.05, 4.69) is 41.4 Å². The monoisotopic (exact) mass is 312 g/mol. The minimum Gasteiger partial charge on any atom is -0.396 e. The number of rotatable bonds is 11. The zero-order valence-electron chi connectivity index (χ0n) is 13.4. The molecule has 0 aromatic carbocycles. The van der Waals surface area contributed by atoms with Gasteiger partial charge in [-0.25, -0.2) is 9.97 Å². The van der Waals surface area contributed by atoms with Crippen LogP contribution in [0.4, 0.5) is 11.6 Å². The Labute approximate surface area is 132 Å². The van der Waals surface area contributed by atoms with Gasteiger partial charge < -0.3 is 15.7 Å². The topological polar surface area (TPSA) is 70.1 Å². The first-order chi connectivity index (χ1) is 10.2. The molecule has 1 aromatic rings. The maximum atomic E-state index is 8.75. The fourth-order valence-corrected chi connectivity index (χ4v) is 2.76. The van der Waals surface area contributed by atoms with Crippen molar-refractivity contribution in [2.24, 2.45) is 0 Å². The van der Waals surface area contributed by atoms with Crippen LogP contribution in [-0.4, -0.2) is 46.3 Å². The van der Waals surface area contributed by atoms with Crippen molar-refractivity contribution in [2.75, 3.05) is 41.8 Å². The molecule has 0 spiro atoms. The standard InChI is InChI=1S/C15H28N4OS/c1-4-6-16-14-13(12(2)3)15(19-11-18-14)17-7-10-21-9-5-8-20/h11-12,20H,4-10H2,1-3H3,(H2,16,17,18,19). The largest absolute Gasteiger partial charge is 0.396 e. The number of anilines is 2. The zero-order chi connectivity index (χ0) is 15.5. The third-order valence-electron chi connectivity index (χ3n) is 2.99. The summed E-state index contributed by atoms with van der Waals surface area (Å²) >= 11 is 1.85. The molecule has 120 valence electrons. The van der Waals surface area contributed by atoms with Gasteiger partial charge >= 0.3 is 0 Å². The Kier molecular flexibility index (Phi) is 9.17. The smallest absolute Gasteiger partial charge is 0.135 e. The van der Waals surface area contributed by atoms with Crippen molar-refractivity contribution >= 4 is 23.4 Å². The summed E-state index contributed by atoms with van der Waals surface area (Å²) < 4.78 is 0. The molecule has 3 N–H and O–H groups in total. The number of aromatic nitrogens is 2. The van der Waals surface area contributed by atoms with Crippen LogP contribution in [0.3, 0.4) is 0 Å². The van der Waals surface area contributed by atoms with Crippen LogP contribution in [-0.2, 0) is 0 Å². The quantitative estimate of drug-likeness (QED) is 0.546. The molecule has 0 amide bonds. The lowest BCUT2D eigenvalue weighted by Crippen LogP contribution is -2.13. The Bertz CT molecular complexity index is 401. The Morgan fingerprint density at radius 2 is 1.81 bits per heavy atom. The summed E-state index contributed by atoms with van der Waals surface area (Å²) in [5.41, 5.74) is 1.16. The first-order valence-electron chi connectivity index (χ1n) is 7.71. The predicted molar refractivity (Wildman–Crippen MR) is 92.4 cm³/mol. The molecule has 0 aliphatic carbocycles. The molecule has 0 radical (unpaired) electrons. The van der Waals surface area contributed by atoms with Crippen molar-refractivity contribution < 1.29 is 5.11 Å². The number of aliphatic hydroxyl groups is 1. The zero-order valence-corrected chi connectivity index (χ0v) is 14.2. The van der Waals surface area contributed by atoms with Gasteiger partial charge in [-0.3, -0.25) is 0 Å². The maximum Gasteiger partial charge on any atom is 0.135 e. The Hall–Kier alpha value is -1.01. The lowest BCUT2D eigenvalue weighted by atomic mass is 10.0. The first kappa shape index (κ1) is 18.0. The average molecular weight is 312 g/mol. The number of aliphatic hydroxyl groups excluding tert-OH is 1. The van der Waals surface area contributed by atoms with E-state index in [-0.39, 0.29) is 6.61 Å². The van der Waals surface area contributed by atoms with Crippen LogP contribution in [0.1, 0.15) is 45.1 Å². The predicted octanol–water partition coefficient (Wildman–Crippen LogP) is 2.95. The van der Waals surface area contributed by atoms with E-state index in [1.807, 2.05) is 11.8 Å². The summed E-state index contributed by atoms with van der Waals surface area (Å²) in [4.78, 5) is 8.76. The highest BCUT2D eigenvalue weighted by Crippen LogP contribution is 2.28. The van der Waals surface area contributed by atoms with Crippen LogP contribution in [0.15, 0.2) is 6.33 Å². The van der Waals surface area contributed by atoms with Crippen molar-refractivity contribution in [3.8, 4) is 0 Å². The molecule has 0 bridgehead atoms. The summed E-state index contributed by atoms with van der Waals surface area (Å²) in [6, 6.07) is 0. The summed E-state index contributed by atoms with van der Waals surface area (Å²) in [6.45, 7) is 8.55. The minimum atomic E-state index is 0.274. The highest BCUT2D eigenvalue weighted by atomic mass is 32.2. The van der Waals surface area contributed by atoms with Crippen LogP contribution >= 0.6 is 11.8 Å². The second kappa shape index (κ2) is 10.7. The number of nitrogens with zero attached hydrogens (tertiary/aromatic N) is 2. The fraction of sp³-hybridized carbons (Fsp3) is 0.733. The van der Waals surface area contributed by atoms with Gasteiger partial charge in [-0.15, -0.1) is 0 Å². The molecule has 1 heterocycles. The lowest BCUT2D eigenvalue weighted by molar-refractivity contribution is 0.296. The van der Waals surface area contributed by atoms with Gasteiger partial charge in [0.25, 0.3) is 0 Å². The third kappa shape index (κ3) is 6.52. The minimum absolute atomic E-state index is 0.274. The molecule has 1 rings (SSSR count). The molecule has 0 aliphatic rings. The van der Waals surface area contributed by atoms with Crippen LogP contribution < -0.4 is 10.6 Å². The summed E-state index contributed by atoms with van der Waals surface area (Å²) in [6.07, 6.45) is 3.55. The molecule has 21 heavy (non-hydrogen) atoms. The summed E-state index contributed by atoms with van der Waals surface area (Å²) in [7, 11) is 0. The van der Waals surface area contributed by atoms with Crippen molar-refractivity contribution in [1.82, 2.24) is 9.97 Å². The number of thioether (sulfide) groups is 1. The van der Waals surface area contributed by atoms with Gasteiger partial charge in [-0.2, -0.15) is 11.8 Å². The van der Waals surface area contributed by atoms with E-state index < -0.39 is 0 Å². The van der Waals surface area contributed by atoms with Gasteiger partial charge in [0.05, 0.1) is 0 Å². The van der Waals surface area contributed by atoms with E-state index in [9.17, 15) is 0 Å². The third-order valence-corrected chi connectivity index (χ3v) is 4.06. The van der Waals surface area contributed by atoms with E-state index in [0.29, 0.717) is 5.92 Å². The summed E-state index contributed by atoms with van der Waals surface area (Å²) in [5.74, 6) is 4.26. The van der Waals surface area contributed by atoms with E-state index in [1.54, 1.807) is 6.33 Å².